The van der Waals surface area contributed by atoms with Crippen LogP contribution in [0.15, 0.2) is 53.3 Å². The molecule has 0 aliphatic rings. The number of para-hydroxylation sites is 1. The molecule has 22 heavy (non-hydrogen) atoms. The third-order valence-electron chi connectivity index (χ3n) is 3.29. The van der Waals surface area contributed by atoms with Gasteiger partial charge in [-0.25, -0.2) is 9.66 Å². The van der Waals surface area contributed by atoms with E-state index < -0.39 is 5.91 Å². The van der Waals surface area contributed by atoms with Gasteiger partial charge in [0.15, 0.2) is 0 Å². The second-order valence-corrected chi connectivity index (χ2v) is 4.80. The number of carbonyl (C=O) groups excluding carboxylic acids is 1. The van der Waals surface area contributed by atoms with Crippen LogP contribution in [0.2, 0.25) is 0 Å². The summed E-state index contributed by atoms with van der Waals surface area (Å²) < 4.78 is 1.12. The number of fused-ring (bicyclic) bond motifs is 1. The van der Waals surface area contributed by atoms with Crippen LogP contribution in [0.1, 0.15) is 16.2 Å². The zero-order valence-electron chi connectivity index (χ0n) is 11.8. The van der Waals surface area contributed by atoms with Crippen LogP contribution in [0.3, 0.4) is 0 Å². The Labute approximate surface area is 125 Å². The lowest BCUT2D eigenvalue weighted by molar-refractivity contribution is 0.101. The molecule has 1 heterocycles. The first-order valence-electron chi connectivity index (χ1n) is 6.65. The molecular weight excluding hydrogens is 282 g/mol. The van der Waals surface area contributed by atoms with Gasteiger partial charge in [0, 0.05) is 5.56 Å². The number of nitrogens with zero attached hydrogens (tertiary/aromatic N) is 2. The van der Waals surface area contributed by atoms with Gasteiger partial charge in [0.2, 0.25) is 0 Å². The maximum absolute atomic E-state index is 12.4. The molecule has 0 spiro atoms. The number of hydrogen-bond acceptors (Lipinski definition) is 4. The van der Waals surface area contributed by atoms with Crippen LogP contribution in [0, 0.1) is 6.92 Å². The van der Waals surface area contributed by atoms with Crippen LogP contribution >= 0.6 is 0 Å². The highest BCUT2D eigenvalue weighted by Crippen LogP contribution is 2.10. The fourth-order valence-electron chi connectivity index (χ4n) is 2.15. The van der Waals surface area contributed by atoms with Gasteiger partial charge in [0.25, 0.3) is 11.5 Å². The van der Waals surface area contributed by atoms with Crippen molar-refractivity contribution in [2.75, 3.05) is 5.43 Å². The second-order valence-electron chi connectivity index (χ2n) is 4.80. The molecule has 0 aliphatic heterocycles. The Morgan fingerprint density at radius 3 is 2.55 bits per heavy atom. The van der Waals surface area contributed by atoms with Crippen LogP contribution in [0.25, 0.3) is 10.9 Å². The lowest BCUT2D eigenvalue weighted by Gasteiger charge is -2.12. The zero-order valence-corrected chi connectivity index (χ0v) is 11.8. The summed E-state index contributed by atoms with van der Waals surface area (Å²) in [7, 11) is 0. The van der Waals surface area contributed by atoms with Gasteiger partial charge in [-0.1, -0.05) is 12.1 Å². The number of aromatic hydroxyl groups is 1. The van der Waals surface area contributed by atoms with Crippen LogP contribution in [0.4, 0.5) is 0 Å². The normalized spacial score (nSPS) is 10.6. The lowest BCUT2D eigenvalue weighted by atomic mass is 10.2. The van der Waals surface area contributed by atoms with Crippen molar-refractivity contribution in [2.24, 2.45) is 0 Å². The van der Waals surface area contributed by atoms with E-state index in [0.717, 1.165) is 4.68 Å². The van der Waals surface area contributed by atoms with E-state index in [1.165, 1.54) is 24.3 Å². The van der Waals surface area contributed by atoms with Gasteiger partial charge in [0.1, 0.15) is 11.6 Å². The molecule has 110 valence electrons. The van der Waals surface area contributed by atoms with Crippen molar-refractivity contribution in [3.63, 3.8) is 0 Å². The standard InChI is InChI=1S/C16H13N3O3/c1-10-17-14-5-3-2-4-13(14)16(22)19(10)18-15(21)11-6-8-12(20)9-7-11/h2-9,20H,1H3,(H,18,21). The summed E-state index contributed by atoms with van der Waals surface area (Å²) in [5.41, 5.74) is 3.10. The number of amides is 1. The van der Waals surface area contributed by atoms with Crippen molar-refractivity contribution < 1.29 is 9.90 Å². The molecule has 0 saturated heterocycles. The average molecular weight is 295 g/mol. The molecule has 6 heteroatoms. The quantitative estimate of drug-likeness (QED) is 0.755. The summed E-state index contributed by atoms with van der Waals surface area (Å²) in [6.07, 6.45) is 0. The highest BCUT2D eigenvalue weighted by molar-refractivity contribution is 6.00. The van der Waals surface area contributed by atoms with E-state index in [4.69, 9.17) is 0 Å². The van der Waals surface area contributed by atoms with Crippen molar-refractivity contribution in [1.29, 1.82) is 0 Å². The van der Waals surface area contributed by atoms with E-state index >= 15 is 0 Å². The summed E-state index contributed by atoms with van der Waals surface area (Å²) in [5, 5.41) is 9.67. The third-order valence-corrected chi connectivity index (χ3v) is 3.29. The maximum atomic E-state index is 12.4. The fraction of sp³-hybridized carbons (Fsp3) is 0.0625. The number of carbonyl (C=O) groups is 1. The molecule has 3 rings (SSSR count). The number of phenolic OH excluding ortho intramolecular Hbond substituents is 1. The monoisotopic (exact) mass is 295 g/mol. The molecule has 6 nitrogen and oxygen atoms in total. The van der Waals surface area contributed by atoms with Crippen LogP contribution in [0.5, 0.6) is 5.75 Å². The zero-order chi connectivity index (χ0) is 15.7. The molecular formula is C16H13N3O3. The number of nitrogens with one attached hydrogen (secondary N) is 1. The van der Waals surface area contributed by atoms with Crippen LogP contribution in [-0.4, -0.2) is 20.7 Å². The molecule has 0 fully saturated rings. The largest absolute Gasteiger partial charge is 0.508 e. The lowest BCUT2D eigenvalue weighted by Crippen LogP contribution is -2.35. The fourth-order valence-corrected chi connectivity index (χ4v) is 2.15. The Hall–Kier alpha value is -3.15. The Morgan fingerprint density at radius 2 is 1.82 bits per heavy atom. The maximum Gasteiger partial charge on any atom is 0.280 e. The molecule has 1 amide bonds. The predicted molar refractivity (Wildman–Crippen MR) is 82.5 cm³/mol. The number of hydrogen-bond donors (Lipinski definition) is 2. The van der Waals surface area contributed by atoms with Gasteiger partial charge < -0.3 is 5.11 Å². The highest BCUT2D eigenvalue weighted by Gasteiger charge is 2.11. The average Bonchev–Trinajstić information content (AvgIpc) is 2.52. The van der Waals surface area contributed by atoms with Gasteiger partial charge in [-0.3, -0.25) is 15.0 Å². The molecule has 2 N–H and O–H groups in total. The molecule has 0 radical (unpaired) electrons. The summed E-state index contributed by atoms with van der Waals surface area (Å²) in [5.74, 6) is -0.00428. The first-order chi connectivity index (χ1) is 10.6. The van der Waals surface area contributed by atoms with Gasteiger partial charge in [0.05, 0.1) is 10.9 Å². The number of benzene rings is 2. The SMILES string of the molecule is Cc1nc2ccccc2c(=O)n1NC(=O)c1ccc(O)cc1. The third kappa shape index (κ3) is 2.42. The van der Waals surface area contributed by atoms with E-state index in [1.807, 2.05) is 0 Å². The first-order valence-corrected chi connectivity index (χ1v) is 6.65. The Bertz CT molecular complexity index is 914. The van der Waals surface area contributed by atoms with E-state index in [-0.39, 0.29) is 11.3 Å². The molecule has 0 saturated carbocycles. The summed E-state index contributed by atoms with van der Waals surface area (Å²) >= 11 is 0. The first kappa shape index (κ1) is 13.8. The van der Waals surface area contributed by atoms with Crippen molar-refractivity contribution in [3.05, 3.63) is 70.3 Å². The van der Waals surface area contributed by atoms with Crippen LogP contribution < -0.4 is 11.0 Å². The number of aromatic nitrogens is 2. The van der Waals surface area contributed by atoms with Crippen LogP contribution in [-0.2, 0) is 0 Å². The van der Waals surface area contributed by atoms with Crippen molar-refractivity contribution in [1.82, 2.24) is 9.66 Å². The Morgan fingerprint density at radius 1 is 1.14 bits per heavy atom. The number of phenols is 1. The van der Waals surface area contributed by atoms with Gasteiger partial charge in [-0.05, 0) is 43.3 Å². The van der Waals surface area contributed by atoms with E-state index in [2.05, 4.69) is 10.4 Å². The van der Waals surface area contributed by atoms with Crippen molar-refractivity contribution in [2.45, 2.75) is 6.92 Å². The predicted octanol–water partition coefficient (Wildman–Crippen LogP) is 1.79. The second kappa shape index (κ2) is 5.33. The van der Waals surface area contributed by atoms with E-state index in [1.54, 1.807) is 31.2 Å². The topological polar surface area (TPSA) is 84.2 Å². The minimum Gasteiger partial charge on any atom is -0.508 e. The van der Waals surface area contributed by atoms with E-state index in [9.17, 15) is 14.7 Å². The van der Waals surface area contributed by atoms with Gasteiger partial charge in [-0.2, -0.15) is 0 Å². The molecule has 1 aromatic heterocycles. The minimum absolute atomic E-state index is 0.0669. The molecule has 0 unspecified atom stereocenters. The molecule has 3 aromatic rings. The molecule has 2 aromatic carbocycles. The van der Waals surface area contributed by atoms with Gasteiger partial charge in [-0.15, -0.1) is 0 Å². The van der Waals surface area contributed by atoms with E-state index in [0.29, 0.717) is 22.3 Å². The Kier molecular flexibility index (Phi) is 3.34. The Balaban J connectivity index is 2.02. The molecule has 0 atom stereocenters. The van der Waals surface area contributed by atoms with Gasteiger partial charge >= 0.3 is 0 Å². The number of aryl methyl sites for hydroxylation is 1. The smallest absolute Gasteiger partial charge is 0.280 e. The highest BCUT2D eigenvalue weighted by atomic mass is 16.3. The molecule has 0 bridgehead atoms. The summed E-state index contributed by atoms with van der Waals surface area (Å²) in [6, 6.07) is 12.7. The summed E-state index contributed by atoms with van der Waals surface area (Å²) in [4.78, 5) is 28.9. The van der Waals surface area contributed by atoms with Crippen molar-refractivity contribution in [3.8, 4) is 5.75 Å². The molecule has 0 aliphatic carbocycles. The van der Waals surface area contributed by atoms with Crippen molar-refractivity contribution >= 4 is 16.8 Å². The summed E-state index contributed by atoms with van der Waals surface area (Å²) in [6.45, 7) is 1.64. The number of rotatable bonds is 2. The minimum atomic E-state index is -0.456.